The van der Waals surface area contributed by atoms with Gasteiger partial charge in [0.1, 0.15) is 0 Å². The van der Waals surface area contributed by atoms with E-state index < -0.39 is 0 Å². The molecule has 4 rings (SSSR count). The number of carbonyl (C=O) groups is 1. The topological polar surface area (TPSA) is 34.5 Å². The Morgan fingerprint density at radius 2 is 2.18 bits per heavy atom. The highest BCUT2D eigenvalue weighted by atomic mass is 16.5. The molecule has 1 saturated heterocycles. The lowest BCUT2D eigenvalue weighted by atomic mass is 10.1. The Balaban J connectivity index is 1.58. The van der Waals surface area contributed by atoms with E-state index in [0.717, 1.165) is 24.9 Å². The molecule has 2 atom stereocenters. The van der Waals surface area contributed by atoms with E-state index >= 15 is 0 Å². The van der Waals surface area contributed by atoms with Crippen molar-refractivity contribution >= 4 is 16.8 Å². The standard InChI is InChI=1S/C18H22N2O2/c1-19-12-13(14-5-2-3-6-15(14)19)11-18(21)20-9-10-22-17-8-4-7-16(17)20/h2-3,5-6,12,16-17H,4,7-11H2,1H3/t16-,17+/m1/s1. The third-order valence-electron chi connectivity index (χ3n) is 5.12. The van der Waals surface area contributed by atoms with E-state index in [2.05, 4.69) is 27.8 Å². The molecule has 1 saturated carbocycles. The number of ether oxygens (including phenoxy) is 1. The maximum atomic E-state index is 12.8. The molecule has 4 nitrogen and oxygen atoms in total. The van der Waals surface area contributed by atoms with Gasteiger partial charge in [-0.1, -0.05) is 18.2 Å². The lowest BCUT2D eigenvalue weighted by Gasteiger charge is -2.37. The van der Waals surface area contributed by atoms with Gasteiger partial charge in [-0.2, -0.15) is 0 Å². The van der Waals surface area contributed by atoms with E-state index in [1.165, 1.54) is 17.3 Å². The molecule has 1 aliphatic heterocycles. The lowest BCUT2D eigenvalue weighted by Crippen LogP contribution is -2.51. The van der Waals surface area contributed by atoms with E-state index in [9.17, 15) is 4.79 Å². The summed E-state index contributed by atoms with van der Waals surface area (Å²) >= 11 is 0. The second-order valence-electron chi connectivity index (χ2n) is 6.45. The van der Waals surface area contributed by atoms with E-state index in [0.29, 0.717) is 19.1 Å². The number of morpholine rings is 1. The Labute approximate surface area is 130 Å². The van der Waals surface area contributed by atoms with Gasteiger partial charge >= 0.3 is 0 Å². The fourth-order valence-corrected chi connectivity index (χ4v) is 4.07. The number of carbonyl (C=O) groups excluding carboxylic acids is 1. The van der Waals surface area contributed by atoms with Crippen molar-refractivity contribution in [3.8, 4) is 0 Å². The monoisotopic (exact) mass is 298 g/mol. The van der Waals surface area contributed by atoms with Crippen molar-refractivity contribution in [1.82, 2.24) is 9.47 Å². The molecular formula is C18H22N2O2. The number of hydrogen-bond acceptors (Lipinski definition) is 2. The Morgan fingerprint density at radius 1 is 1.32 bits per heavy atom. The molecule has 2 heterocycles. The average molecular weight is 298 g/mol. The summed E-state index contributed by atoms with van der Waals surface area (Å²) in [6.45, 7) is 1.42. The summed E-state index contributed by atoms with van der Waals surface area (Å²) in [5.74, 6) is 0.247. The van der Waals surface area contributed by atoms with Gasteiger partial charge in [0.2, 0.25) is 5.91 Å². The van der Waals surface area contributed by atoms with Gasteiger partial charge in [-0.3, -0.25) is 4.79 Å². The van der Waals surface area contributed by atoms with Crippen LogP contribution in [0.5, 0.6) is 0 Å². The van der Waals surface area contributed by atoms with Crippen LogP contribution in [-0.2, 0) is 23.0 Å². The Hall–Kier alpha value is -1.81. The predicted octanol–water partition coefficient (Wildman–Crippen LogP) is 2.50. The van der Waals surface area contributed by atoms with Crippen LogP contribution >= 0.6 is 0 Å². The number of hydrogen-bond donors (Lipinski definition) is 0. The first-order valence-electron chi connectivity index (χ1n) is 8.18. The van der Waals surface area contributed by atoms with Crippen LogP contribution in [0.25, 0.3) is 10.9 Å². The number of aromatic nitrogens is 1. The Bertz CT molecular complexity index is 706. The van der Waals surface area contributed by atoms with Crippen LogP contribution in [-0.4, -0.2) is 40.7 Å². The fraction of sp³-hybridized carbons (Fsp3) is 0.500. The molecule has 116 valence electrons. The summed E-state index contributed by atoms with van der Waals surface area (Å²) in [7, 11) is 2.04. The SMILES string of the molecule is Cn1cc(CC(=O)N2CCO[C@H]3CCC[C@H]32)c2ccccc21. The third-order valence-corrected chi connectivity index (χ3v) is 5.12. The molecule has 0 spiro atoms. The summed E-state index contributed by atoms with van der Waals surface area (Å²) in [5.41, 5.74) is 2.31. The molecule has 1 aliphatic carbocycles. The lowest BCUT2D eigenvalue weighted by molar-refractivity contribution is -0.143. The molecule has 22 heavy (non-hydrogen) atoms. The molecule has 2 aliphatic rings. The van der Waals surface area contributed by atoms with Crippen molar-refractivity contribution in [2.45, 2.75) is 37.8 Å². The predicted molar refractivity (Wildman–Crippen MR) is 85.7 cm³/mol. The van der Waals surface area contributed by atoms with Gasteiger partial charge in [-0.05, 0) is 30.9 Å². The maximum absolute atomic E-state index is 12.8. The minimum absolute atomic E-state index is 0.247. The van der Waals surface area contributed by atoms with Crippen LogP contribution in [0.15, 0.2) is 30.5 Å². The summed E-state index contributed by atoms with van der Waals surface area (Å²) in [6, 6.07) is 8.59. The summed E-state index contributed by atoms with van der Waals surface area (Å²) in [4.78, 5) is 14.9. The number of rotatable bonds is 2. The van der Waals surface area contributed by atoms with Crippen LogP contribution in [0.3, 0.4) is 0 Å². The highest BCUT2D eigenvalue weighted by Gasteiger charge is 2.38. The molecular weight excluding hydrogens is 276 g/mol. The number of nitrogens with zero attached hydrogens (tertiary/aromatic N) is 2. The zero-order valence-electron chi connectivity index (χ0n) is 13.0. The Kier molecular flexibility index (Phi) is 3.41. The second kappa shape index (κ2) is 5.43. The zero-order valence-corrected chi connectivity index (χ0v) is 13.0. The number of aryl methyl sites for hydroxylation is 1. The largest absolute Gasteiger partial charge is 0.374 e. The van der Waals surface area contributed by atoms with Gasteiger partial charge in [0.05, 0.1) is 25.2 Å². The van der Waals surface area contributed by atoms with Crippen molar-refractivity contribution in [3.05, 3.63) is 36.0 Å². The second-order valence-corrected chi connectivity index (χ2v) is 6.45. The Morgan fingerprint density at radius 3 is 3.09 bits per heavy atom. The molecule has 1 aromatic carbocycles. The van der Waals surface area contributed by atoms with Crippen molar-refractivity contribution in [2.24, 2.45) is 7.05 Å². The molecule has 0 radical (unpaired) electrons. The number of benzene rings is 1. The van der Waals surface area contributed by atoms with Gasteiger partial charge < -0.3 is 14.2 Å². The molecule has 4 heteroatoms. The van der Waals surface area contributed by atoms with Crippen LogP contribution in [0.2, 0.25) is 0 Å². The summed E-state index contributed by atoms with van der Waals surface area (Å²) in [6.07, 6.45) is 6.21. The third kappa shape index (κ3) is 2.22. The molecule has 1 amide bonds. The van der Waals surface area contributed by atoms with Crippen LogP contribution in [0.4, 0.5) is 0 Å². The maximum Gasteiger partial charge on any atom is 0.227 e. The van der Waals surface area contributed by atoms with E-state index in [1.54, 1.807) is 0 Å². The quantitative estimate of drug-likeness (QED) is 0.854. The molecule has 0 bridgehead atoms. The van der Waals surface area contributed by atoms with Crippen molar-refractivity contribution < 1.29 is 9.53 Å². The highest BCUT2D eigenvalue weighted by molar-refractivity contribution is 5.89. The smallest absolute Gasteiger partial charge is 0.227 e. The fourth-order valence-electron chi connectivity index (χ4n) is 4.07. The van der Waals surface area contributed by atoms with Gasteiger partial charge in [0, 0.05) is 30.7 Å². The van der Waals surface area contributed by atoms with Crippen molar-refractivity contribution in [3.63, 3.8) is 0 Å². The molecule has 2 aromatic rings. The van der Waals surface area contributed by atoms with E-state index in [-0.39, 0.29) is 12.0 Å². The van der Waals surface area contributed by atoms with Gasteiger partial charge in [0.25, 0.3) is 0 Å². The normalized spacial score (nSPS) is 24.7. The van der Waals surface area contributed by atoms with Crippen molar-refractivity contribution in [1.29, 1.82) is 0 Å². The minimum Gasteiger partial charge on any atom is -0.374 e. The zero-order chi connectivity index (χ0) is 15.1. The minimum atomic E-state index is 0.247. The molecule has 2 fully saturated rings. The van der Waals surface area contributed by atoms with Gasteiger partial charge in [-0.25, -0.2) is 0 Å². The first kappa shape index (κ1) is 13.8. The van der Waals surface area contributed by atoms with Crippen molar-refractivity contribution in [2.75, 3.05) is 13.2 Å². The number of para-hydroxylation sites is 1. The summed E-state index contributed by atoms with van der Waals surface area (Å²) < 4.78 is 7.92. The molecule has 0 N–H and O–H groups in total. The molecule has 1 aromatic heterocycles. The van der Waals surface area contributed by atoms with Crippen LogP contribution in [0, 0.1) is 0 Å². The summed E-state index contributed by atoms with van der Waals surface area (Å²) in [5, 5.41) is 1.19. The number of amides is 1. The molecule has 0 unspecified atom stereocenters. The first-order valence-corrected chi connectivity index (χ1v) is 8.18. The van der Waals surface area contributed by atoms with E-state index in [1.807, 2.05) is 19.2 Å². The van der Waals surface area contributed by atoms with Crippen LogP contribution < -0.4 is 0 Å². The van der Waals surface area contributed by atoms with E-state index in [4.69, 9.17) is 4.74 Å². The van der Waals surface area contributed by atoms with Crippen LogP contribution in [0.1, 0.15) is 24.8 Å². The van der Waals surface area contributed by atoms with Gasteiger partial charge in [-0.15, -0.1) is 0 Å². The number of fused-ring (bicyclic) bond motifs is 2. The van der Waals surface area contributed by atoms with Gasteiger partial charge in [0.15, 0.2) is 0 Å². The average Bonchev–Trinajstić information content (AvgIpc) is 3.13. The first-order chi connectivity index (χ1) is 10.7. The highest BCUT2D eigenvalue weighted by Crippen LogP contribution is 2.30.